The van der Waals surface area contributed by atoms with E-state index in [1.54, 1.807) is 6.07 Å². The van der Waals surface area contributed by atoms with Crippen molar-refractivity contribution in [3.8, 4) is 0 Å². The Morgan fingerprint density at radius 2 is 2.19 bits per heavy atom. The molecule has 0 aliphatic carbocycles. The Hall–Kier alpha value is -0.930. The molecule has 2 rings (SSSR count). The zero-order valence-corrected chi connectivity index (χ0v) is 10.2. The molecule has 0 unspecified atom stereocenters. The second-order valence-corrected chi connectivity index (χ2v) is 4.76. The summed E-state index contributed by atoms with van der Waals surface area (Å²) in [5.74, 6) is -0.102. The minimum absolute atomic E-state index is 0.102. The molecule has 1 N–H and O–H groups in total. The van der Waals surface area contributed by atoms with Crippen molar-refractivity contribution in [2.75, 3.05) is 13.1 Å². The van der Waals surface area contributed by atoms with E-state index in [0.29, 0.717) is 0 Å². The Kier molecular flexibility index (Phi) is 3.91. The van der Waals surface area contributed by atoms with Crippen LogP contribution in [0.2, 0.25) is 0 Å². The van der Waals surface area contributed by atoms with Gasteiger partial charge in [-0.2, -0.15) is 0 Å². The summed E-state index contributed by atoms with van der Waals surface area (Å²) in [6.07, 6.45) is 2.13. The summed E-state index contributed by atoms with van der Waals surface area (Å²) in [6.45, 7) is 4.18. The molecule has 0 saturated heterocycles. The fourth-order valence-electron chi connectivity index (χ4n) is 1.79. The summed E-state index contributed by atoms with van der Waals surface area (Å²) in [5.41, 5.74) is 1.25. The number of thiophene rings is 1. The average molecular weight is 237 g/mol. The van der Waals surface area contributed by atoms with Crippen LogP contribution in [0, 0.1) is 5.82 Å². The van der Waals surface area contributed by atoms with Crippen molar-refractivity contribution in [2.45, 2.75) is 19.8 Å². The first kappa shape index (κ1) is 11.6. The van der Waals surface area contributed by atoms with Crippen LogP contribution in [0.5, 0.6) is 0 Å². The van der Waals surface area contributed by atoms with Gasteiger partial charge in [-0.05, 0) is 48.3 Å². The van der Waals surface area contributed by atoms with Crippen molar-refractivity contribution >= 4 is 21.4 Å². The van der Waals surface area contributed by atoms with Crippen molar-refractivity contribution in [1.29, 1.82) is 0 Å². The standard InChI is InChI=1S/C13H16FNS/c1-2-7-15-8-6-10-9-16-13-11(10)4-3-5-12(13)14/h3-5,9,15H,2,6-8H2,1H3. The third kappa shape index (κ3) is 2.42. The van der Waals surface area contributed by atoms with E-state index in [1.807, 2.05) is 6.07 Å². The first-order valence-electron chi connectivity index (χ1n) is 5.68. The van der Waals surface area contributed by atoms with Crippen molar-refractivity contribution in [2.24, 2.45) is 0 Å². The van der Waals surface area contributed by atoms with Gasteiger partial charge in [0.15, 0.2) is 0 Å². The molecule has 0 spiro atoms. The highest BCUT2D eigenvalue weighted by molar-refractivity contribution is 7.17. The predicted molar refractivity (Wildman–Crippen MR) is 68.6 cm³/mol. The zero-order chi connectivity index (χ0) is 11.4. The lowest BCUT2D eigenvalue weighted by atomic mass is 10.1. The van der Waals surface area contributed by atoms with Crippen LogP contribution >= 0.6 is 11.3 Å². The largest absolute Gasteiger partial charge is 0.316 e. The number of rotatable bonds is 5. The van der Waals surface area contributed by atoms with Crippen LogP contribution in [-0.2, 0) is 6.42 Å². The monoisotopic (exact) mass is 237 g/mol. The SMILES string of the molecule is CCCNCCc1csc2c(F)cccc12. The molecule has 0 radical (unpaired) electrons. The van der Waals surface area contributed by atoms with Crippen molar-refractivity contribution in [1.82, 2.24) is 5.32 Å². The van der Waals surface area contributed by atoms with E-state index in [4.69, 9.17) is 0 Å². The van der Waals surface area contributed by atoms with Crippen LogP contribution in [-0.4, -0.2) is 13.1 Å². The van der Waals surface area contributed by atoms with E-state index in [-0.39, 0.29) is 5.82 Å². The van der Waals surface area contributed by atoms with Crippen molar-refractivity contribution < 1.29 is 4.39 Å². The molecular weight excluding hydrogens is 221 g/mol. The van der Waals surface area contributed by atoms with Crippen LogP contribution in [0.25, 0.3) is 10.1 Å². The lowest BCUT2D eigenvalue weighted by molar-refractivity contribution is 0.641. The maximum Gasteiger partial charge on any atom is 0.140 e. The molecule has 2 aromatic rings. The summed E-state index contributed by atoms with van der Waals surface area (Å²) in [4.78, 5) is 0. The highest BCUT2D eigenvalue weighted by Crippen LogP contribution is 2.28. The minimum atomic E-state index is -0.102. The van der Waals surface area contributed by atoms with Crippen LogP contribution in [0.1, 0.15) is 18.9 Å². The van der Waals surface area contributed by atoms with E-state index < -0.39 is 0 Å². The Balaban J connectivity index is 2.10. The van der Waals surface area contributed by atoms with Gasteiger partial charge >= 0.3 is 0 Å². The van der Waals surface area contributed by atoms with Crippen LogP contribution in [0.3, 0.4) is 0 Å². The fraction of sp³-hybridized carbons (Fsp3) is 0.385. The second kappa shape index (κ2) is 5.41. The van der Waals surface area contributed by atoms with Gasteiger partial charge in [-0.15, -0.1) is 11.3 Å². The number of fused-ring (bicyclic) bond motifs is 1. The summed E-state index contributed by atoms with van der Waals surface area (Å²) in [7, 11) is 0. The topological polar surface area (TPSA) is 12.0 Å². The molecule has 3 heteroatoms. The van der Waals surface area contributed by atoms with Crippen LogP contribution < -0.4 is 5.32 Å². The number of halogens is 1. The Bertz CT molecular complexity index is 464. The van der Waals surface area contributed by atoms with Crippen LogP contribution in [0.4, 0.5) is 4.39 Å². The summed E-state index contributed by atoms with van der Waals surface area (Å²) in [6, 6.07) is 5.31. The molecule has 1 aromatic heterocycles. The lowest BCUT2D eigenvalue weighted by Gasteiger charge is -2.02. The molecule has 0 fully saturated rings. The Labute approximate surface area is 99.3 Å². The number of hydrogen-bond acceptors (Lipinski definition) is 2. The van der Waals surface area contributed by atoms with Gasteiger partial charge < -0.3 is 5.32 Å². The molecule has 1 aromatic carbocycles. The third-order valence-electron chi connectivity index (χ3n) is 2.63. The van der Waals surface area contributed by atoms with E-state index >= 15 is 0 Å². The maximum atomic E-state index is 13.4. The van der Waals surface area contributed by atoms with Gasteiger partial charge in [-0.3, -0.25) is 0 Å². The molecule has 0 bridgehead atoms. The first-order valence-corrected chi connectivity index (χ1v) is 6.56. The zero-order valence-electron chi connectivity index (χ0n) is 9.42. The normalized spacial score (nSPS) is 11.1. The molecule has 0 saturated carbocycles. The highest BCUT2D eigenvalue weighted by atomic mass is 32.1. The molecule has 86 valence electrons. The van der Waals surface area contributed by atoms with Gasteiger partial charge in [0.25, 0.3) is 0 Å². The fourth-order valence-corrected chi connectivity index (χ4v) is 2.81. The Morgan fingerprint density at radius 1 is 1.31 bits per heavy atom. The molecule has 0 amide bonds. The van der Waals surface area contributed by atoms with Gasteiger partial charge in [0.05, 0.1) is 4.70 Å². The predicted octanol–water partition coefficient (Wildman–Crippen LogP) is 3.58. The van der Waals surface area contributed by atoms with Gasteiger partial charge in [0.2, 0.25) is 0 Å². The number of nitrogens with one attached hydrogen (secondary N) is 1. The summed E-state index contributed by atoms with van der Waals surface area (Å²) < 4.78 is 14.2. The van der Waals surface area contributed by atoms with E-state index in [2.05, 4.69) is 17.6 Å². The van der Waals surface area contributed by atoms with Crippen molar-refractivity contribution in [3.63, 3.8) is 0 Å². The highest BCUT2D eigenvalue weighted by Gasteiger charge is 2.06. The molecule has 1 heterocycles. The smallest absolute Gasteiger partial charge is 0.140 e. The Morgan fingerprint density at radius 3 is 3.00 bits per heavy atom. The summed E-state index contributed by atoms with van der Waals surface area (Å²) in [5, 5.41) is 6.51. The van der Waals surface area contributed by atoms with Gasteiger partial charge in [0.1, 0.15) is 5.82 Å². The third-order valence-corrected chi connectivity index (χ3v) is 3.68. The van der Waals surface area contributed by atoms with E-state index in [0.717, 1.165) is 36.0 Å². The minimum Gasteiger partial charge on any atom is -0.316 e. The molecule has 0 aliphatic rings. The maximum absolute atomic E-state index is 13.4. The number of benzene rings is 1. The van der Waals surface area contributed by atoms with Crippen LogP contribution in [0.15, 0.2) is 23.6 Å². The van der Waals surface area contributed by atoms with Gasteiger partial charge in [-0.1, -0.05) is 19.1 Å². The van der Waals surface area contributed by atoms with Crippen molar-refractivity contribution in [3.05, 3.63) is 35.0 Å². The van der Waals surface area contributed by atoms with E-state index in [9.17, 15) is 4.39 Å². The summed E-state index contributed by atoms with van der Waals surface area (Å²) >= 11 is 1.50. The lowest BCUT2D eigenvalue weighted by Crippen LogP contribution is -2.17. The van der Waals surface area contributed by atoms with Gasteiger partial charge in [-0.25, -0.2) is 4.39 Å². The average Bonchev–Trinajstić information content (AvgIpc) is 2.70. The number of hydrogen-bond donors (Lipinski definition) is 1. The molecule has 16 heavy (non-hydrogen) atoms. The van der Waals surface area contributed by atoms with E-state index in [1.165, 1.54) is 23.0 Å². The molecular formula is C13H16FNS. The molecule has 0 aliphatic heterocycles. The second-order valence-electron chi connectivity index (χ2n) is 3.88. The van der Waals surface area contributed by atoms with Gasteiger partial charge in [0, 0.05) is 0 Å². The first-order chi connectivity index (χ1) is 7.83. The molecule has 0 atom stereocenters. The quantitative estimate of drug-likeness (QED) is 0.784. The molecule has 1 nitrogen and oxygen atoms in total.